The summed E-state index contributed by atoms with van der Waals surface area (Å²) in [5.41, 5.74) is 1.10. The van der Waals surface area contributed by atoms with E-state index in [1.165, 1.54) is 0 Å². The maximum atomic E-state index is 12.8. The van der Waals surface area contributed by atoms with E-state index in [0.717, 1.165) is 33.9 Å². The van der Waals surface area contributed by atoms with Gasteiger partial charge in [-0.15, -0.1) is 11.3 Å². The van der Waals surface area contributed by atoms with Crippen LogP contribution in [-0.4, -0.2) is 36.0 Å². The highest BCUT2D eigenvalue weighted by atomic mass is 79.9. The number of fused-ring (bicyclic) bond motifs is 1. The van der Waals surface area contributed by atoms with E-state index >= 15 is 0 Å². The zero-order valence-corrected chi connectivity index (χ0v) is 13.9. The summed E-state index contributed by atoms with van der Waals surface area (Å²) in [6, 6.07) is 2.00. The predicted molar refractivity (Wildman–Crippen MR) is 81.7 cm³/mol. The van der Waals surface area contributed by atoms with E-state index in [4.69, 9.17) is 0 Å². The number of likely N-dealkylation sites (tertiary alicyclic amines) is 1. The number of rotatable bonds is 1. The van der Waals surface area contributed by atoms with Gasteiger partial charge in [0.2, 0.25) is 0 Å². The average Bonchev–Trinajstić information content (AvgIpc) is 2.98. The van der Waals surface area contributed by atoms with E-state index < -0.39 is 0 Å². The van der Waals surface area contributed by atoms with Crippen molar-refractivity contribution < 1.29 is 4.79 Å². The Kier molecular flexibility index (Phi) is 3.27. The summed E-state index contributed by atoms with van der Waals surface area (Å²) >= 11 is 5.06. The minimum absolute atomic E-state index is 0.0460. The molecule has 1 N–H and O–H groups in total. The summed E-state index contributed by atoms with van der Waals surface area (Å²) in [5.74, 6) is 1.39. The first-order valence-corrected chi connectivity index (χ1v) is 8.31. The first-order valence-electron chi connectivity index (χ1n) is 6.70. The zero-order chi connectivity index (χ0) is 13.8. The van der Waals surface area contributed by atoms with Crippen molar-refractivity contribution in [3.63, 3.8) is 0 Å². The van der Waals surface area contributed by atoms with Gasteiger partial charge in [-0.2, -0.15) is 0 Å². The normalized spacial score (nSPS) is 28.7. The number of hydrogen-bond donors (Lipinski definition) is 1. The van der Waals surface area contributed by atoms with Gasteiger partial charge in [-0.1, -0.05) is 0 Å². The van der Waals surface area contributed by atoms with Crippen molar-refractivity contribution in [2.24, 2.45) is 11.8 Å². The maximum absolute atomic E-state index is 12.8. The lowest BCUT2D eigenvalue weighted by Crippen LogP contribution is -2.47. The highest BCUT2D eigenvalue weighted by Gasteiger charge is 2.51. The maximum Gasteiger partial charge on any atom is 0.264 e. The fourth-order valence-corrected chi connectivity index (χ4v) is 4.95. The summed E-state index contributed by atoms with van der Waals surface area (Å²) in [6.07, 6.45) is 0. The molecule has 0 spiro atoms. The fraction of sp³-hybridized carbons (Fsp3) is 0.643. The minimum Gasteiger partial charge on any atom is -0.332 e. The van der Waals surface area contributed by atoms with Gasteiger partial charge >= 0.3 is 0 Å². The molecule has 0 saturated carbocycles. The molecular formula is C14H19BrN2OS. The van der Waals surface area contributed by atoms with Crippen molar-refractivity contribution in [1.82, 2.24) is 10.2 Å². The molecule has 1 aromatic heterocycles. The number of thiophene rings is 1. The monoisotopic (exact) mass is 342 g/mol. The lowest BCUT2D eigenvalue weighted by Gasteiger charge is -2.35. The van der Waals surface area contributed by atoms with Gasteiger partial charge in [0.15, 0.2) is 0 Å². The van der Waals surface area contributed by atoms with Crippen molar-refractivity contribution in [2.75, 3.05) is 19.6 Å². The highest BCUT2D eigenvalue weighted by molar-refractivity contribution is 9.11. The summed E-state index contributed by atoms with van der Waals surface area (Å²) in [5, 5.41) is 3.45. The van der Waals surface area contributed by atoms with Crippen molar-refractivity contribution >= 4 is 33.2 Å². The Balaban J connectivity index is 1.88. The van der Waals surface area contributed by atoms with Gasteiger partial charge in [-0.3, -0.25) is 4.79 Å². The first-order chi connectivity index (χ1) is 8.91. The largest absolute Gasteiger partial charge is 0.332 e. The Bertz CT molecular complexity index is 506. The van der Waals surface area contributed by atoms with Crippen molar-refractivity contribution in [3.8, 4) is 0 Å². The molecule has 3 nitrogen and oxygen atoms in total. The van der Waals surface area contributed by atoms with Crippen LogP contribution in [0.3, 0.4) is 0 Å². The van der Waals surface area contributed by atoms with Gasteiger partial charge in [0, 0.05) is 25.2 Å². The Morgan fingerprint density at radius 2 is 2.26 bits per heavy atom. The molecule has 2 atom stereocenters. The molecular weight excluding hydrogens is 324 g/mol. The minimum atomic E-state index is -0.0460. The Morgan fingerprint density at radius 1 is 1.53 bits per heavy atom. The Morgan fingerprint density at radius 3 is 2.84 bits per heavy atom. The molecule has 0 radical (unpaired) electrons. The van der Waals surface area contributed by atoms with Crippen LogP contribution in [-0.2, 0) is 0 Å². The van der Waals surface area contributed by atoms with Crippen molar-refractivity contribution in [1.29, 1.82) is 0 Å². The third-order valence-electron chi connectivity index (χ3n) is 4.67. The molecule has 0 aromatic carbocycles. The SMILES string of the molecule is Cc1cc(C(=O)N2CC3CNCC3C2(C)C)sc1Br. The molecule has 1 aromatic rings. The summed E-state index contributed by atoms with van der Waals surface area (Å²) in [4.78, 5) is 15.7. The van der Waals surface area contributed by atoms with Gasteiger partial charge in [0.1, 0.15) is 0 Å². The molecule has 5 heteroatoms. The van der Waals surface area contributed by atoms with Crippen LogP contribution in [0.25, 0.3) is 0 Å². The van der Waals surface area contributed by atoms with E-state index in [0.29, 0.717) is 11.8 Å². The second-order valence-electron chi connectivity index (χ2n) is 6.16. The van der Waals surface area contributed by atoms with E-state index in [9.17, 15) is 4.79 Å². The quantitative estimate of drug-likeness (QED) is 0.850. The average molecular weight is 343 g/mol. The van der Waals surface area contributed by atoms with E-state index in [1.807, 2.05) is 13.0 Å². The van der Waals surface area contributed by atoms with Crippen LogP contribution in [0.5, 0.6) is 0 Å². The predicted octanol–water partition coefficient (Wildman–Crippen LogP) is 2.89. The number of halogens is 1. The molecule has 3 heterocycles. The van der Waals surface area contributed by atoms with E-state index in [2.05, 4.69) is 40.0 Å². The van der Waals surface area contributed by atoms with E-state index in [1.54, 1.807) is 11.3 Å². The second kappa shape index (κ2) is 4.57. The van der Waals surface area contributed by atoms with Crippen LogP contribution in [0.15, 0.2) is 9.85 Å². The molecule has 0 bridgehead atoms. The molecule has 2 aliphatic rings. The molecule has 104 valence electrons. The van der Waals surface area contributed by atoms with Crippen LogP contribution < -0.4 is 5.32 Å². The number of nitrogens with one attached hydrogen (secondary N) is 1. The van der Waals surface area contributed by atoms with Crippen LogP contribution >= 0.6 is 27.3 Å². The molecule has 2 aliphatic heterocycles. The molecule has 0 aliphatic carbocycles. The highest BCUT2D eigenvalue weighted by Crippen LogP contribution is 2.42. The number of carbonyl (C=O) groups excluding carboxylic acids is 1. The van der Waals surface area contributed by atoms with Crippen LogP contribution in [0.1, 0.15) is 29.1 Å². The standard InChI is InChI=1S/C14H19BrN2OS/c1-8-4-11(19-12(8)15)13(18)17-7-9-5-16-6-10(9)14(17,2)3/h4,9-10,16H,5-7H2,1-3H3. The van der Waals surface area contributed by atoms with E-state index in [-0.39, 0.29) is 11.4 Å². The summed E-state index contributed by atoms with van der Waals surface area (Å²) in [7, 11) is 0. The van der Waals surface area contributed by atoms with Gasteiger partial charge in [0.05, 0.1) is 8.66 Å². The topological polar surface area (TPSA) is 32.3 Å². The number of carbonyl (C=O) groups is 1. The van der Waals surface area contributed by atoms with Crippen LogP contribution in [0.2, 0.25) is 0 Å². The number of hydrogen-bond acceptors (Lipinski definition) is 3. The molecule has 2 unspecified atom stereocenters. The molecule has 3 rings (SSSR count). The number of nitrogens with zero attached hydrogens (tertiary/aromatic N) is 1. The fourth-order valence-electron chi connectivity index (χ4n) is 3.46. The number of amides is 1. The van der Waals surface area contributed by atoms with Gasteiger partial charge in [-0.05, 0) is 60.2 Å². The van der Waals surface area contributed by atoms with Gasteiger partial charge < -0.3 is 10.2 Å². The smallest absolute Gasteiger partial charge is 0.264 e. The molecule has 1 amide bonds. The van der Waals surface area contributed by atoms with Crippen LogP contribution in [0, 0.1) is 18.8 Å². The van der Waals surface area contributed by atoms with Crippen LogP contribution in [0.4, 0.5) is 0 Å². The third kappa shape index (κ3) is 2.06. The summed E-state index contributed by atoms with van der Waals surface area (Å²) in [6.45, 7) is 9.42. The summed E-state index contributed by atoms with van der Waals surface area (Å²) < 4.78 is 1.06. The second-order valence-corrected chi connectivity index (χ2v) is 8.53. The van der Waals surface area contributed by atoms with Gasteiger partial charge in [0.25, 0.3) is 5.91 Å². The lowest BCUT2D eigenvalue weighted by atomic mass is 9.85. The zero-order valence-electron chi connectivity index (χ0n) is 11.5. The van der Waals surface area contributed by atoms with Crippen molar-refractivity contribution in [3.05, 3.63) is 20.3 Å². The number of aryl methyl sites for hydroxylation is 1. The van der Waals surface area contributed by atoms with Crippen molar-refractivity contribution in [2.45, 2.75) is 26.3 Å². The molecule has 2 fully saturated rings. The molecule has 2 saturated heterocycles. The van der Waals surface area contributed by atoms with Gasteiger partial charge in [-0.25, -0.2) is 0 Å². The Hall–Kier alpha value is -0.390. The molecule has 19 heavy (non-hydrogen) atoms. The first kappa shape index (κ1) is 13.6. The third-order valence-corrected chi connectivity index (χ3v) is 6.80. The Labute approximate surface area is 126 Å². The lowest BCUT2D eigenvalue weighted by molar-refractivity contribution is 0.0608.